The molecule has 146 valence electrons. The number of benzene rings is 2. The van der Waals surface area contributed by atoms with Gasteiger partial charge < -0.3 is 24.2 Å². The molecule has 2 aromatic carbocycles. The molecule has 6 heteroatoms. The molecule has 2 heterocycles. The summed E-state index contributed by atoms with van der Waals surface area (Å²) in [6, 6.07) is 8.78. The Hall–Kier alpha value is -3.15. The maximum Gasteiger partial charge on any atom is 0.344 e. The Morgan fingerprint density at radius 1 is 1.04 bits per heavy atom. The van der Waals surface area contributed by atoms with Gasteiger partial charge in [0.25, 0.3) is 0 Å². The Morgan fingerprint density at radius 3 is 2.39 bits per heavy atom. The zero-order valence-electron chi connectivity index (χ0n) is 16.0. The lowest BCUT2D eigenvalue weighted by molar-refractivity contribution is 0.0717. The first-order valence-corrected chi connectivity index (χ1v) is 9.39. The molecule has 0 unspecified atom stereocenters. The molecule has 0 bridgehead atoms. The fourth-order valence-electron chi connectivity index (χ4n) is 3.84. The third kappa shape index (κ3) is 3.15. The molecule has 1 saturated heterocycles. The number of phenolic OH excluding ortho intramolecular Hbond substituents is 1. The smallest absolute Gasteiger partial charge is 0.344 e. The second-order valence-corrected chi connectivity index (χ2v) is 6.91. The fourth-order valence-corrected chi connectivity index (χ4v) is 3.84. The number of esters is 1. The lowest BCUT2D eigenvalue weighted by Gasteiger charge is -2.30. The summed E-state index contributed by atoms with van der Waals surface area (Å²) < 4.78 is 16.2. The van der Waals surface area contributed by atoms with E-state index in [1.807, 2.05) is 6.07 Å². The van der Waals surface area contributed by atoms with Crippen LogP contribution >= 0.6 is 0 Å². The maximum atomic E-state index is 12.4. The summed E-state index contributed by atoms with van der Waals surface area (Å²) >= 11 is 0. The fraction of sp³-hybridized carbons (Fsp3) is 0.318. The second kappa shape index (κ2) is 7.46. The number of aromatic hydroxyl groups is 1. The van der Waals surface area contributed by atoms with Crippen molar-refractivity contribution in [3.63, 3.8) is 0 Å². The van der Waals surface area contributed by atoms with E-state index in [4.69, 9.17) is 14.2 Å². The summed E-state index contributed by atoms with van der Waals surface area (Å²) in [5.41, 5.74) is 2.67. The van der Waals surface area contributed by atoms with E-state index in [2.05, 4.69) is 4.90 Å². The number of phenols is 1. The molecule has 0 aliphatic carbocycles. The van der Waals surface area contributed by atoms with E-state index in [0.29, 0.717) is 28.4 Å². The maximum absolute atomic E-state index is 12.4. The van der Waals surface area contributed by atoms with Crippen LogP contribution < -0.4 is 14.4 Å². The number of hydrogen-bond donors (Lipinski definition) is 1. The van der Waals surface area contributed by atoms with Crippen LogP contribution in [0, 0.1) is 0 Å². The summed E-state index contributed by atoms with van der Waals surface area (Å²) in [6.07, 6.45) is 5.20. The molecular weight excluding hydrogens is 358 g/mol. The van der Waals surface area contributed by atoms with Crippen molar-refractivity contribution in [1.29, 1.82) is 0 Å². The van der Waals surface area contributed by atoms with Crippen LogP contribution in [0.4, 0.5) is 5.69 Å². The number of para-hydroxylation sites is 1. The van der Waals surface area contributed by atoms with Crippen LogP contribution in [0.3, 0.4) is 0 Å². The van der Waals surface area contributed by atoms with E-state index in [1.54, 1.807) is 37.5 Å². The van der Waals surface area contributed by atoms with Gasteiger partial charge in [0.05, 0.1) is 25.5 Å². The summed E-state index contributed by atoms with van der Waals surface area (Å²) in [7, 11) is 3.08. The monoisotopic (exact) mass is 381 g/mol. The number of carbonyl (C=O) groups excluding carboxylic acids is 1. The number of ether oxygens (including phenoxy) is 3. The molecule has 4 rings (SSSR count). The molecule has 0 aromatic heterocycles. The number of fused-ring (bicyclic) bond motifs is 1. The highest BCUT2D eigenvalue weighted by Gasteiger charge is 2.29. The molecule has 28 heavy (non-hydrogen) atoms. The van der Waals surface area contributed by atoms with Crippen molar-refractivity contribution < 1.29 is 24.1 Å². The molecule has 6 nitrogen and oxygen atoms in total. The number of nitrogens with zero attached hydrogens (tertiary/aromatic N) is 1. The van der Waals surface area contributed by atoms with Crippen LogP contribution in [0.1, 0.15) is 40.7 Å². The lowest BCUT2D eigenvalue weighted by atomic mass is 10.0. The minimum atomic E-state index is -0.429. The molecule has 2 aromatic rings. The Morgan fingerprint density at radius 2 is 1.71 bits per heavy atom. The number of methoxy groups -OCH3 is 2. The number of hydrogen-bond acceptors (Lipinski definition) is 6. The molecule has 0 amide bonds. The van der Waals surface area contributed by atoms with Gasteiger partial charge in [-0.15, -0.1) is 0 Å². The predicted molar refractivity (Wildman–Crippen MR) is 107 cm³/mol. The molecule has 0 saturated carbocycles. The zero-order valence-corrected chi connectivity index (χ0v) is 16.0. The summed E-state index contributed by atoms with van der Waals surface area (Å²) in [4.78, 5) is 14.6. The number of cyclic esters (lactones) is 1. The minimum absolute atomic E-state index is 0.230. The van der Waals surface area contributed by atoms with Gasteiger partial charge in [0.2, 0.25) is 0 Å². The van der Waals surface area contributed by atoms with Gasteiger partial charge in [-0.25, -0.2) is 4.79 Å². The van der Waals surface area contributed by atoms with Crippen molar-refractivity contribution in [1.82, 2.24) is 0 Å². The Kier molecular flexibility index (Phi) is 4.86. The topological polar surface area (TPSA) is 68.2 Å². The number of rotatable bonds is 4. The van der Waals surface area contributed by atoms with Gasteiger partial charge in [-0.2, -0.15) is 0 Å². The quantitative estimate of drug-likeness (QED) is 0.806. The Balaban J connectivity index is 1.80. The van der Waals surface area contributed by atoms with Crippen LogP contribution in [-0.4, -0.2) is 38.4 Å². The Bertz CT molecular complexity index is 944. The van der Waals surface area contributed by atoms with Gasteiger partial charge in [-0.1, -0.05) is 12.1 Å². The van der Waals surface area contributed by atoms with Gasteiger partial charge in [0.1, 0.15) is 11.5 Å². The van der Waals surface area contributed by atoms with Gasteiger partial charge >= 0.3 is 5.97 Å². The number of anilines is 1. The highest BCUT2D eigenvalue weighted by Crippen LogP contribution is 2.41. The van der Waals surface area contributed by atoms with Crippen molar-refractivity contribution in [3.05, 3.63) is 47.0 Å². The average Bonchev–Trinajstić information content (AvgIpc) is 3.02. The number of carbonyl (C=O) groups is 1. The van der Waals surface area contributed by atoms with Gasteiger partial charge in [-0.05, 0) is 43.5 Å². The van der Waals surface area contributed by atoms with E-state index in [1.165, 1.54) is 13.5 Å². The lowest BCUT2D eigenvalue weighted by Crippen LogP contribution is -2.30. The van der Waals surface area contributed by atoms with Crippen molar-refractivity contribution in [2.45, 2.75) is 19.3 Å². The van der Waals surface area contributed by atoms with Crippen molar-refractivity contribution in [2.24, 2.45) is 0 Å². The van der Waals surface area contributed by atoms with Crippen LogP contribution in [0.5, 0.6) is 17.2 Å². The molecule has 2 aliphatic rings. The molecule has 0 spiro atoms. The standard InChI is InChI=1S/C22H23NO5/c1-26-19-12-15-16(13-20(19)27-2)22(25)28-18(15)11-14-7-6-8-17(24)21(14)23-9-4-3-5-10-23/h6-8,11-13,24H,3-5,9-10H2,1-2H3/b18-11+. The molecule has 1 fully saturated rings. The van der Waals surface area contributed by atoms with Crippen LogP contribution in [0.15, 0.2) is 30.3 Å². The van der Waals surface area contributed by atoms with Crippen molar-refractivity contribution in [3.8, 4) is 17.2 Å². The third-order valence-corrected chi connectivity index (χ3v) is 5.22. The molecule has 0 radical (unpaired) electrons. The highest BCUT2D eigenvalue weighted by molar-refractivity contribution is 6.07. The Labute approximate surface area is 163 Å². The third-order valence-electron chi connectivity index (χ3n) is 5.22. The second-order valence-electron chi connectivity index (χ2n) is 6.91. The van der Waals surface area contributed by atoms with Crippen molar-refractivity contribution >= 4 is 23.5 Å². The first-order chi connectivity index (χ1) is 13.6. The zero-order chi connectivity index (χ0) is 19.7. The molecule has 2 aliphatic heterocycles. The summed E-state index contributed by atoms with van der Waals surface area (Å²) in [5.74, 6) is 1.24. The van der Waals surface area contributed by atoms with E-state index in [0.717, 1.165) is 37.2 Å². The normalized spacial score (nSPS) is 17.4. The molecule has 1 N–H and O–H groups in total. The van der Waals surface area contributed by atoms with E-state index >= 15 is 0 Å². The first-order valence-electron chi connectivity index (χ1n) is 9.39. The largest absolute Gasteiger partial charge is 0.506 e. The van der Waals surface area contributed by atoms with E-state index < -0.39 is 5.97 Å². The van der Waals surface area contributed by atoms with E-state index in [9.17, 15) is 9.90 Å². The van der Waals surface area contributed by atoms with E-state index in [-0.39, 0.29) is 5.75 Å². The molecular formula is C22H23NO5. The minimum Gasteiger partial charge on any atom is -0.506 e. The molecule has 0 atom stereocenters. The number of piperidine rings is 1. The van der Waals surface area contributed by atoms with Gasteiger partial charge in [0, 0.05) is 24.2 Å². The van der Waals surface area contributed by atoms with Crippen LogP contribution in [-0.2, 0) is 4.74 Å². The average molecular weight is 381 g/mol. The van der Waals surface area contributed by atoms with Crippen molar-refractivity contribution in [2.75, 3.05) is 32.2 Å². The summed E-state index contributed by atoms with van der Waals surface area (Å²) in [5, 5.41) is 10.5. The van der Waals surface area contributed by atoms with Crippen LogP contribution in [0.2, 0.25) is 0 Å². The van der Waals surface area contributed by atoms with Gasteiger partial charge in [0.15, 0.2) is 11.5 Å². The van der Waals surface area contributed by atoms with Gasteiger partial charge in [-0.3, -0.25) is 0 Å². The predicted octanol–water partition coefficient (Wildman–Crippen LogP) is 4.07. The van der Waals surface area contributed by atoms with Crippen LogP contribution in [0.25, 0.3) is 11.8 Å². The highest BCUT2D eigenvalue weighted by atomic mass is 16.5. The first kappa shape index (κ1) is 18.2. The SMILES string of the molecule is COc1cc2c(cc1OC)/C(=C\c1cccc(O)c1N1CCCCC1)OC2=O. The summed E-state index contributed by atoms with van der Waals surface area (Å²) in [6.45, 7) is 1.80.